The maximum atomic E-state index is 13.5. The summed E-state index contributed by atoms with van der Waals surface area (Å²) >= 11 is 1.13. The van der Waals surface area contributed by atoms with E-state index >= 15 is 0 Å². The van der Waals surface area contributed by atoms with Gasteiger partial charge >= 0.3 is 6.03 Å². The number of imide groups is 1. The van der Waals surface area contributed by atoms with Gasteiger partial charge in [0, 0.05) is 6.04 Å². The van der Waals surface area contributed by atoms with Crippen LogP contribution in [0.25, 0.3) is 22.4 Å². The molecule has 0 spiro atoms. The zero-order valence-corrected chi connectivity index (χ0v) is 19.4. The summed E-state index contributed by atoms with van der Waals surface area (Å²) in [5.41, 5.74) is 1.85. The van der Waals surface area contributed by atoms with Gasteiger partial charge in [-0.2, -0.15) is 0 Å². The number of hydrogen-bond acceptors (Lipinski definition) is 7. The maximum absolute atomic E-state index is 13.5. The Labute approximate surface area is 198 Å². The second-order valence-electron chi connectivity index (χ2n) is 8.04. The van der Waals surface area contributed by atoms with Gasteiger partial charge in [0.05, 0.1) is 29.5 Å². The Kier molecular flexibility index (Phi) is 5.70. The fourth-order valence-electron chi connectivity index (χ4n) is 3.71. The molecule has 2 heterocycles. The van der Waals surface area contributed by atoms with Crippen molar-refractivity contribution in [3.05, 3.63) is 58.4 Å². The van der Waals surface area contributed by atoms with Gasteiger partial charge in [0.25, 0.3) is 5.56 Å². The number of nitrogens with one attached hydrogen (secondary N) is 2. The molecule has 1 fully saturated rings. The van der Waals surface area contributed by atoms with Crippen molar-refractivity contribution in [1.29, 1.82) is 0 Å². The van der Waals surface area contributed by atoms with Gasteiger partial charge in [-0.25, -0.2) is 9.36 Å². The number of hydrogen-bond donors (Lipinski definition) is 2. The first-order chi connectivity index (χ1) is 16.5. The highest BCUT2D eigenvalue weighted by Crippen LogP contribution is 2.28. The molecular formula is C23H22N6O4S. The first-order valence-electron chi connectivity index (χ1n) is 10.7. The number of benzene rings is 2. The lowest BCUT2D eigenvalue weighted by Gasteiger charge is -2.14. The first-order valence-corrected chi connectivity index (χ1v) is 11.7. The van der Waals surface area contributed by atoms with E-state index in [1.54, 1.807) is 35.8 Å². The molecule has 1 saturated carbocycles. The molecule has 1 aliphatic carbocycles. The Morgan fingerprint density at radius 3 is 2.74 bits per heavy atom. The number of aromatic nitrogens is 4. The number of ether oxygens (including phenoxy) is 1. The molecule has 0 bridgehead atoms. The van der Waals surface area contributed by atoms with E-state index in [1.165, 1.54) is 4.57 Å². The Morgan fingerprint density at radius 2 is 1.97 bits per heavy atom. The second kappa shape index (κ2) is 8.82. The largest absolute Gasteiger partial charge is 0.495 e. The average Bonchev–Trinajstić information content (AvgIpc) is 3.53. The molecule has 0 unspecified atom stereocenters. The minimum absolute atomic E-state index is 0.0416. The Morgan fingerprint density at radius 1 is 1.18 bits per heavy atom. The fraction of sp³-hybridized carbons (Fsp3) is 0.261. The Bertz CT molecular complexity index is 1490. The number of aryl methyl sites for hydroxylation is 1. The molecule has 0 radical (unpaired) electrons. The fourth-order valence-corrected chi connectivity index (χ4v) is 4.45. The number of thioether (sulfide) groups is 1. The molecule has 11 heteroatoms. The molecule has 34 heavy (non-hydrogen) atoms. The van der Waals surface area contributed by atoms with Crippen LogP contribution in [0.5, 0.6) is 5.75 Å². The van der Waals surface area contributed by atoms with E-state index in [-0.39, 0.29) is 17.4 Å². The zero-order valence-electron chi connectivity index (χ0n) is 18.6. The highest BCUT2D eigenvalue weighted by Gasteiger charge is 2.24. The van der Waals surface area contributed by atoms with E-state index < -0.39 is 11.9 Å². The predicted octanol–water partition coefficient (Wildman–Crippen LogP) is 2.43. The minimum atomic E-state index is -0.495. The van der Waals surface area contributed by atoms with E-state index in [1.807, 2.05) is 25.1 Å². The normalized spacial score (nSPS) is 13.2. The van der Waals surface area contributed by atoms with Gasteiger partial charge < -0.3 is 10.1 Å². The van der Waals surface area contributed by atoms with Crippen molar-refractivity contribution in [2.75, 3.05) is 12.9 Å². The van der Waals surface area contributed by atoms with E-state index in [0.29, 0.717) is 33.3 Å². The van der Waals surface area contributed by atoms with Crippen molar-refractivity contribution < 1.29 is 14.3 Å². The van der Waals surface area contributed by atoms with Gasteiger partial charge in [-0.05, 0) is 49.6 Å². The van der Waals surface area contributed by atoms with E-state index in [9.17, 15) is 14.4 Å². The van der Waals surface area contributed by atoms with Crippen LogP contribution >= 0.6 is 11.8 Å². The number of fused-ring (bicyclic) bond motifs is 3. The molecule has 5 rings (SSSR count). The van der Waals surface area contributed by atoms with Crippen LogP contribution in [0.3, 0.4) is 0 Å². The number of urea groups is 1. The number of methoxy groups -OCH3 is 1. The smallest absolute Gasteiger partial charge is 0.321 e. The van der Waals surface area contributed by atoms with E-state index in [0.717, 1.165) is 30.2 Å². The SMILES string of the molecule is COc1ccc(C)cc1-n1c(=O)c2ccccc2n2c(SCC(=O)NC(=O)NC3CC3)nnc12. The van der Waals surface area contributed by atoms with Crippen molar-refractivity contribution in [2.45, 2.75) is 31.0 Å². The number of rotatable bonds is 6. The molecule has 0 saturated heterocycles. The summed E-state index contributed by atoms with van der Waals surface area (Å²) in [6.45, 7) is 1.93. The summed E-state index contributed by atoms with van der Waals surface area (Å²) in [4.78, 5) is 37.7. The molecule has 3 amide bonds. The lowest BCUT2D eigenvalue weighted by Crippen LogP contribution is -2.41. The quantitative estimate of drug-likeness (QED) is 0.409. The third-order valence-corrected chi connectivity index (χ3v) is 6.40. The van der Waals surface area contributed by atoms with Crippen LogP contribution in [0.4, 0.5) is 4.79 Å². The summed E-state index contributed by atoms with van der Waals surface area (Å²) < 4.78 is 8.72. The molecule has 2 aromatic heterocycles. The van der Waals surface area contributed by atoms with Crippen molar-refractivity contribution in [3.8, 4) is 11.4 Å². The zero-order chi connectivity index (χ0) is 23.8. The van der Waals surface area contributed by atoms with Crippen molar-refractivity contribution in [2.24, 2.45) is 0 Å². The average molecular weight is 479 g/mol. The van der Waals surface area contributed by atoms with Crippen LogP contribution in [0.1, 0.15) is 18.4 Å². The predicted molar refractivity (Wildman–Crippen MR) is 128 cm³/mol. The van der Waals surface area contributed by atoms with Gasteiger partial charge in [-0.15, -0.1) is 10.2 Å². The van der Waals surface area contributed by atoms with Gasteiger partial charge in [0.2, 0.25) is 11.7 Å². The topological polar surface area (TPSA) is 120 Å². The molecule has 2 N–H and O–H groups in total. The van der Waals surface area contributed by atoms with Crippen molar-refractivity contribution >= 4 is 40.4 Å². The van der Waals surface area contributed by atoms with Crippen molar-refractivity contribution in [1.82, 2.24) is 29.8 Å². The maximum Gasteiger partial charge on any atom is 0.321 e. The standard InChI is InChI=1S/C23H22N6O4S/c1-13-7-10-18(33-2)17(11-13)28-20(31)15-5-3-4-6-16(15)29-22(28)26-27-23(29)34-12-19(30)25-21(32)24-14-8-9-14/h3-7,10-11,14H,8-9,12H2,1-2H3,(H2,24,25,30,32). The van der Waals surface area contributed by atoms with Gasteiger partial charge in [0.1, 0.15) is 5.75 Å². The first kappa shape index (κ1) is 22.0. The van der Waals surface area contributed by atoms with Crippen LogP contribution in [-0.2, 0) is 4.79 Å². The van der Waals surface area contributed by atoms with E-state index in [4.69, 9.17) is 4.74 Å². The highest BCUT2D eigenvalue weighted by molar-refractivity contribution is 7.99. The third kappa shape index (κ3) is 4.10. The summed E-state index contributed by atoms with van der Waals surface area (Å²) in [6.07, 6.45) is 1.87. The van der Waals surface area contributed by atoms with Gasteiger partial charge in [-0.1, -0.05) is 30.0 Å². The van der Waals surface area contributed by atoms with Gasteiger partial charge in [0.15, 0.2) is 5.16 Å². The lowest BCUT2D eigenvalue weighted by molar-refractivity contribution is -0.117. The number of carbonyl (C=O) groups excluding carboxylic acids is 2. The van der Waals surface area contributed by atoms with Crippen LogP contribution in [0.15, 0.2) is 52.4 Å². The number of carbonyl (C=O) groups is 2. The molecule has 1 aliphatic rings. The summed E-state index contributed by atoms with van der Waals surface area (Å²) in [7, 11) is 1.54. The molecular weight excluding hydrogens is 456 g/mol. The third-order valence-electron chi connectivity index (χ3n) is 5.47. The van der Waals surface area contributed by atoms with Crippen LogP contribution in [-0.4, -0.2) is 50.0 Å². The number of para-hydroxylation sites is 1. The molecule has 2 aromatic carbocycles. The van der Waals surface area contributed by atoms with Crippen molar-refractivity contribution in [3.63, 3.8) is 0 Å². The number of amides is 3. The molecule has 10 nitrogen and oxygen atoms in total. The monoisotopic (exact) mass is 478 g/mol. The summed E-state index contributed by atoms with van der Waals surface area (Å²) in [6, 6.07) is 12.4. The lowest BCUT2D eigenvalue weighted by atomic mass is 10.2. The summed E-state index contributed by atoms with van der Waals surface area (Å²) in [5.74, 6) is 0.322. The van der Waals surface area contributed by atoms with Crippen LogP contribution in [0, 0.1) is 6.92 Å². The van der Waals surface area contributed by atoms with Crippen LogP contribution in [0.2, 0.25) is 0 Å². The minimum Gasteiger partial charge on any atom is -0.495 e. The van der Waals surface area contributed by atoms with Crippen LogP contribution < -0.4 is 20.9 Å². The highest BCUT2D eigenvalue weighted by atomic mass is 32.2. The van der Waals surface area contributed by atoms with E-state index in [2.05, 4.69) is 20.8 Å². The summed E-state index contributed by atoms with van der Waals surface area (Å²) in [5, 5.41) is 14.5. The number of nitrogens with zero attached hydrogens (tertiary/aromatic N) is 4. The molecule has 174 valence electrons. The Balaban J connectivity index is 1.57. The van der Waals surface area contributed by atoms with Gasteiger partial charge in [-0.3, -0.25) is 19.3 Å². The molecule has 4 aromatic rings. The molecule has 0 atom stereocenters. The Hall–Kier alpha value is -3.86. The molecule has 0 aliphatic heterocycles. The second-order valence-corrected chi connectivity index (χ2v) is 8.98.